The number of primary amides is 1. The summed E-state index contributed by atoms with van der Waals surface area (Å²) in [5, 5.41) is 4.33. The molecule has 1 fully saturated rings. The van der Waals surface area contributed by atoms with Crippen LogP contribution in [0.2, 0.25) is 5.02 Å². The minimum absolute atomic E-state index is 0.322. The molecule has 1 aliphatic heterocycles. The Labute approximate surface area is 129 Å². The van der Waals surface area contributed by atoms with E-state index in [1.165, 1.54) is 0 Å². The summed E-state index contributed by atoms with van der Waals surface area (Å²) in [4.78, 5) is 12.8. The first-order chi connectivity index (χ1) is 9.60. The molecule has 2 amide bonds. The van der Waals surface area contributed by atoms with E-state index in [0.717, 1.165) is 48.0 Å². The van der Waals surface area contributed by atoms with Gasteiger partial charge in [0.15, 0.2) is 0 Å². The number of benzene rings is 1. The van der Waals surface area contributed by atoms with Crippen molar-refractivity contribution in [1.29, 1.82) is 0 Å². The molecule has 0 saturated carbocycles. The lowest BCUT2D eigenvalue weighted by Crippen LogP contribution is -2.44. The van der Waals surface area contributed by atoms with Crippen molar-refractivity contribution >= 4 is 35.1 Å². The van der Waals surface area contributed by atoms with Crippen LogP contribution >= 0.6 is 23.4 Å². The fourth-order valence-corrected chi connectivity index (χ4v) is 3.22. The topological polar surface area (TPSA) is 58.4 Å². The summed E-state index contributed by atoms with van der Waals surface area (Å²) in [6, 6.07) is 6.12. The number of nitrogens with two attached hydrogens (primary N) is 1. The van der Waals surface area contributed by atoms with Gasteiger partial charge in [-0.1, -0.05) is 11.6 Å². The van der Waals surface area contributed by atoms with Crippen LogP contribution in [0.25, 0.3) is 0 Å². The van der Waals surface area contributed by atoms with Gasteiger partial charge in [-0.2, -0.15) is 11.8 Å². The van der Waals surface area contributed by atoms with Crippen LogP contribution in [-0.4, -0.2) is 36.3 Å². The van der Waals surface area contributed by atoms with Crippen LogP contribution in [0.15, 0.2) is 18.2 Å². The van der Waals surface area contributed by atoms with Crippen LogP contribution in [0.5, 0.6) is 0 Å². The average Bonchev–Trinajstić information content (AvgIpc) is 2.43. The molecule has 0 aliphatic carbocycles. The number of carbonyl (C=O) groups excluding carboxylic acids is 1. The molecular weight excluding hydrogens is 294 g/mol. The first-order valence-electron chi connectivity index (χ1n) is 6.68. The van der Waals surface area contributed by atoms with Gasteiger partial charge >= 0.3 is 6.03 Å². The molecule has 0 aromatic heterocycles. The second-order valence-corrected chi connectivity index (χ2v) is 6.26. The number of urea groups is 1. The van der Waals surface area contributed by atoms with Gasteiger partial charge in [0.2, 0.25) is 0 Å². The molecule has 3 N–H and O–H groups in total. The Morgan fingerprint density at radius 1 is 1.50 bits per heavy atom. The highest BCUT2D eigenvalue weighted by Gasteiger charge is 2.21. The normalized spacial score (nSPS) is 16.2. The summed E-state index contributed by atoms with van der Waals surface area (Å²) in [5.41, 5.74) is 7.53. The third kappa shape index (κ3) is 3.96. The molecule has 1 aliphatic rings. The summed E-state index contributed by atoms with van der Waals surface area (Å²) in [7, 11) is 0. The van der Waals surface area contributed by atoms with Crippen LogP contribution in [0.1, 0.15) is 18.4 Å². The lowest BCUT2D eigenvalue weighted by molar-refractivity contribution is 0.193. The fourth-order valence-electron chi connectivity index (χ4n) is 2.41. The minimum atomic E-state index is -0.322. The highest BCUT2D eigenvalue weighted by Crippen LogP contribution is 2.25. The van der Waals surface area contributed by atoms with Gasteiger partial charge in [-0.3, -0.25) is 0 Å². The van der Waals surface area contributed by atoms with Crippen molar-refractivity contribution in [1.82, 2.24) is 4.90 Å². The third-order valence-electron chi connectivity index (χ3n) is 3.52. The second kappa shape index (κ2) is 7.09. The standard InChI is InChI=1S/C14H20ClN3OS/c1-20-9-10-8-12(2-3-13(10)15)17-11-4-6-18(7-5-11)14(16)19/h2-3,8,11,17H,4-7,9H2,1H3,(H2,16,19). The van der Waals surface area contributed by atoms with Crippen LogP contribution in [0.4, 0.5) is 10.5 Å². The summed E-state index contributed by atoms with van der Waals surface area (Å²) >= 11 is 7.93. The van der Waals surface area contributed by atoms with Gasteiger partial charge in [-0.25, -0.2) is 4.79 Å². The number of anilines is 1. The molecule has 0 radical (unpaired) electrons. The number of nitrogens with one attached hydrogen (secondary N) is 1. The molecule has 4 nitrogen and oxygen atoms in total. The SMILES string of the molecule is CSCc1cc(NC2CCN(C(N)=O)CC2)ccc1Cl. The number of hydrogen-bond acceptors (Lipinski definition) is 3. The number of likely N-dealkylation sites (tertiary alicyclic amines) is 1. The molecule has 110 valence electrons. The van der Waals surface area contributed by atoms with Crippen molar-refractivity contribution in [2.24, 2.45) is 5.73 Å². The first-order valence-corrected chi connectivity index (χ1v) is 8.45. The molecule has 1 heterocycles. The lowest BCUT2D eigenvalue weighted by Gasteiger charge is -2.31. The van der Waals surface area contributed by atoms with E-state index in [1.54, 1.807) is 16.7 Å². The predicted molar refractivity (Wildman–Crippen MR) is 86.5 cm³/mol. The van der Waals surface area contributed by atoms with Crippen LogP contribution < -0.4 is 11.1 Å². The Morgan fingerprint density at radius 2 is 2.20 bits per heavy atom. The van der Waals surface area contributed by atoms with Crippen molar-refractivity contribution in [3.8, 4) is 0 Å². The van der Waals surface area contributed by atoms with Crippen molar-refractivity contribution in [2.45, 2.75) is 24.6 Å². The van der Waals surface area contributed by atoms with Crippen LogP contribution in [0, 0.1) is 0 Å². The highest BCUT2D eigenvalue weighted by atomic mass is 35.5. The molecule has 0 atom stereocenters. The van der Waals surface area contributed by atoms with Crippen molar-refractivity contribution in [3.05, 3.63) is 28.8 Å². The Bertz CT molecular complexity index is 475. The van der Waals surface area contributed by atoms with Gasteiger partial charge in [-0.15, -0.1) is 0 Å². The van der Waals surface area contributed by atoms with E-state index in [2.05, 4.69) is 17.6 Å². The zero-order valence-corrected chi connectivity index (χ0v) is 13.1. The zero-order valence-electron chi connectivity index (χ0n) is 11.6. The van der Waals surface area contributed by atoms with E-state index in [4.69, 9.17) is 17.3 Å². The quantitative estimate of drug-likeness (QED) is 0.897. The molecule has 0 spiro atoms. The smallest absolute Gasteiger partial charge is 0.314 e. The van der Waals surface area contributed by atoms with Gasteiger partial charge in [0, 0.05) is 35.6 Å². The van der Waals surface area contributed by atoms with E-state index in [-0.39, 0.29) is 6.03 Å². The summed E-state index contributed by atoms with van der Waals surface area (Å²) < 4.78 is 0. The molecule has 0 unspecified atom stereocenters. The number of carbonyl (C=O) groups is 1. The molecular formula is C14H20ClN3OS. The predicted octanol–water partition coefficient (Wildman–Crippen LogP) is 3.16. The van der Waals surface area contributed by atoms with E-state index in [9.17, 15) is 4.79 Å². The minimum Gasteiger partial charge on any atom is -0.382 e. The Morgan fingerprint density at radius 3 is 2.80 bits per heavy atom. The van der Waals surface area contributed by atoms with E-state index >= 15 is 0 Å². The molecule has 20 heavy (non-hydrogen) atoms. The molecule has 0 bridgehead atoms. The van der Waals surface area contributed by atoms with E-state index in [1.807, 2.05) is 12.1 Å². The maximum Gasteiger partial charge on any atom is 0.314 e. The van der Waals surface area contributed by atoms with Gasteiger partial charge in [-0.05, 0) is 42.9 Å². The summed E-state index contributed by atoms with van der Waals surface area (Å²) in [5.74, 6) is 0.911. The number of hydrogen-bond donors (Lipinski definition) is 2. The largest absolute Gasteiger partial charge is 0.382 e. The van der Waals surface area contributed by atoms with Crippen molar-refractivity contribution < 1.29 is 4.79 Å². The Balaban J connectivity index is 1.94. The third-order valence-corrected chi connectivity index (χ3v) is 4.49. The van der Waals surface area contributed by atoms with Gasteiger partial charge < -0.3 is 16.0 Å². The molecule has 2 rings (SSSR count). The van der Waals surface area contributed by atoms with Crippen molar-refractivity contribution in [3.63, 3.8) is 0 Å². The Hall–Kier alpha value is -1.07. The zero-order chi connectivity index (χ0) is 14.5. The number of piperidine rings is 1. The van der Waals surface area contributed by atoms with E-state index < -0.39 is 0 Å². The second-order valence-electron chi connectivity index (χ2n) is 4.98. The molecule has 1 saturated heterocycles. The van der Waals surface area contributed by atoms with E-state index in [0.29, 0.717) is 6.04 Å². The lowest BCUT2D eigenvalue weighted by atomic mass is 10.0. The van der Waals surface area contributed by atoms with Gasteiger partial charge in [0.05, 0.1) is 0 Å². The Kier molecular flexibility index (Phi) is 5.43. The summed E-state index contributed by atoms with van der Waals surface area (Å²) in [6.45, 7) is 1.44. The maximum atomic E-state index is 11.1. The first kappa shape index (κ1) is 15.3. The average molecular weight is 314 g/mol. The molecule has 6 heteroatoms. The maximum absolute atomic E-state index is 11.1. The number of halogens is 1. The molecule has 1 aromatic carbocycles. The van der Waals surface area contributed by atoms with Crippen LogP contribution in [-0.2, 0) is 5.75 Å². The highest BCUT2D eigenvalue weighted by molar-refractivity contribution is 7.97. The van der Waals surface area contributed by atoms with Gasteiger partial charge in [0.1, 0.15) is 0 Å². The molecule has 1 aromatic rings. The number of amides is 2. The van der Waals surface area contributed by atoms with Gasteiger partial charge in [0.25, 0.3) is 0 Å². The number of nitrogens with zero attached hydrogens (tertiary/aromatic N) is 1. The van der Waals surface area contributed by atoms with Crippen molar-refractivity contribution in [2.75, 3.05) is 24.7 Å². The fraction of sp³-hybridized carbons (Fsp3) is 0.500. The number of thioether (sulfide) groups is 1. The monoisotopic (exact) mass is 313 g/mol. The summed E-state index contributed by atoms with van der Waals surface area (Å²) in [6.07, 6.45) is 3.91. The number of rotatable bonds is 4. The van der Waals surface area contributed by atoms with Crippen LogP contribution in [0.3, 0.4) is 0 Å².